The number of hydrogen-bond acceptors (Lipinski definition) is 3. The molecule has 2 nitrogen and oxygen atoms in total. The van der Waals surface area contributed by atoms with Crippen molar-refractivity contribution in [2.24, 2.45) is 0 Å². The topological polar surface area (TPSA) is 29.5 Å². The van der Waals surface area contributed by atoms with Crippen LogP contribution in [0.2, 0.25) is 0 Å². The Balaban J connectivity index is 1.99. The number of aromatic hydroxyl groups is 1. The third kappa shape index (κ3) is 3.25. The lowest BCUT2D eigenvalue weighted by atomic mass is 9.98. The molecular weight excluding hydrogens is 304 g/mol. The predicted octanol–water partition coefficient (Wildman–Crippen LogP) is 4.83. The first-order chi connectivity index (χ1) is 11.2. The normalized spacial score (nSPS) is 10.3. The number of methoxy groups -OCH3 is 1. The molecule has 0 spiro atoms. The highest BCUT2D eigenvalue weighted by atomic mass is 32.1. The Morgan fingerprint density at radius 2 is 1.57 bits per heavy atom. The standard InChI is InChI=1S/C20H16O2S/c1-22-17-10-7-15(8-11-17)20(23)18-13-16(9-12-19(18)21)14-5-3-2-4-6-14/h2-13,21H,1H3. The number of benzene rings is 3. The molecule has 0 aliphatic rings. The van der Waals surface area contributed by atoms with Gasteiger partial charge in [0.05, 0.1) is 12.0 Å². The van der Waals surface area contributed by atoms with Crippen LogP contribution in [0.5, 0.6) is 11.5 Å². The average Bonchev–Trinajstić information content (AvgIpc) is 2.62. The summed E-state index contributed by atoms with van der Waals surface area (Å²) in [6, 6.07) is 23.1. The van der Waals surface area contributed by atoms with Crippen molar-refractivity contribution in [3.63, 3.8) is 0 Å². The maximum atomic E-state index is 10.2. The molecule has 0 amide bonds. The molecule has 0 aliphatic carbocycles. The van der Waals surface area contributed by atoms with E-state index in [1.807, 2.05) is 66.7 Å². The zero-order chi connectivity index (χ0) is 16.2. The zero-order valence-electron chi connectivity index (χ0n) is 12.7. The fourth-order valence-corrected chi connectivity index (χ4v) is 2.73. The number of phenols is 1. The molecule has 0 aromatic heterocycles. The van der Waals surface area contributed by atoms with Gasteiger partial charge in [0.15, 0.2) is 0 Å². The van der Waals surface area contributed by atoms with Crippen molar-refractivity contribution in [3.05, 3.63) is 83.9 Å². The van der Waals surface area contributed by atoms with Crippen molar-refractivity contribution < 1.29 is 9.84 Å². The molecule has 3 aromatic carbocycles. The van der Waals surface area contributed by atoms with Crippen LogP contribution in [-0.4, -0.2) is 17.1 Å². The maximum Gasteiger partial charge on any atom is 0.124 e. The van der Waals surface area contributed by atoms with Crippen LogP contribution >= 0.6 is 12.2 Å². The zero-order valence-corrected chi connectivity index (χ0v) is 13.5. The van der Waals surface area contributed by atoms with Crippen molar-refractivity contribution in [1.82, 2.24) is 0 Å². The number of thiocarbonyl (C=S) groups is 1. The summed E-state index contributed by atoms with van der Waals surface area (Å²) in [5.74, 6) is 0.962. The number of rotatable bonds is 4. The highest BCUT2D eigenvalue weighted by Crippen LogP contribution is 2.28. The van der Waals surface area contributed by atoms with Crippen molar-refractivity contribution >= 4 is 17.1 Å². The number of ether oxygens (including phenoxy) is 1. The quantitative estimate of drug-likeness (QED) is 0.551. The maximum absolute atomic E-state index is 10.2. The molecule has 3 heteroatoms. The summed E-state index contributed by atoms with van der Waals surface area (Å²) in [5.41, 5.74) is 3.65. The van der Waals surface area contributed by atoms with Gasteiger partial charge in [-0.15, -0.1) is 0 Å². The Bertz CT molecular complexity index is 824. The monoisotopic (exact) mass is 320 g/mol. The predicted molar refractivity (Wildman–Crippen MR) is 97.3 cm³/mol. The lowest BCUT2D eigenvalue weighted by Crippen LogP contribution is -2.00. The molecule has 3 rings (SSSR count). The van der Waals surface area contributed by atoms with E-state index in [0.29, 0.717) is 10.4 Å². The number of hydrogen-bond donors (Lipinski definition) is 1. The fourth-order valence-electron chi connectivity index (χ4n) is 2.43. The summed E-state index contributed by atoms with van der Waals surface area (Å²) in [6.07, 6.45) is 0. The Morgan fingerprint density at radius 3 is 2.22 bits per heavy atom. The second-order valence-electron chi connectivity index (χ2n) is 5.16. The van der Waals surface area contributed by atoms with E-state index >= 15 is 0 Å². The molecular formula is C20H16O2S. The van der Waals surface area contributed by atoms with Gasteiger partial charge >= 0.3 is 0 Å². The van der Waals surface area contributed by atoms with Crippen molar-refractivity contribution in [2.75, 3.05) is 7.11 Å². The summed E-state index contributed by atoms with van der Waals surface area (Å²) in [5, 5.41) is 10.2. The highest BCUT2D eigenvalue weighted by molar-refractivity contribution is 7.81. The van der Waals surface area contributed by atoms with Gasteiger partial charge in [-0.2, -0.15) is 0 Å². The second-order valence-corrected chi connectivity index (χ2v) is 5.56. The van der Waals surface area contributed by atoms with Gasteiger partial charge in [0.25, 0.3) is 0 Å². The van der Waals surface area contributed by atoms with Gasteiger partial charge in [-0.1, -0.05) is 48.6 Å². The van der Waals surface area contributed by atoms with E-state index in [4.69, 9.17) is 17.0 Å². The average molecular weight is 320 g/mol. The molecule has 23 heavy (non-hydrogen) atoms. The third-order valence-electron chi connectivity index (χ3n) is 3.70. The van der Waals surface area contributed by atoms with E-state index in [9.17, 15) is 5.11 Å². The van der Waals surface area contributed by atoms with E-state index in [-0.39, 0.29) is 5.75 Å². The van der Waals surface area contributed by atoms with Crippen LogP contribution in [0.15, 0.2) is 72.8 Å². The van der Waals surface area contributed by atoms with Crippen LogP contribution in [0.25, 0.3) is 11.1 Å². The molecule has 1 N–H and O–H groups in total. The first-order valence-electron chi connectivity index (χ1n) is 7.26. The molecule has 0 atom stereocenters. The van der Waals surface area contributed by atoms with E-state index in [1.54, 1.807) is 13.2 Å². The molecule has 0 saturated carbocycles. The van der Waals surface area contributed by atoms with Crippen molar-refractivity contribution in [3.8, 4) is 22.6 Å². The van der Waals surface area contributed by atoms with Gasteiger partial charge < -0.3 is 9.84 Å². The Morgan fingerprint density at radius 1 is 0.870 bits per heavy atom. The lowest BCUT2D eigenvalue weighted by Gasteiger charge is -2.10. The summed E-state index contributed by atoms with van der Waals surface area (Å²) in [6.45, 7) is 0. The van der Waals surface area contributed by atoms with Crippen LogP contribution < -0.4 is 4.74 Å². The van der Waals surface area contributed by atoms with Gasteiger partial charge in [-0.3, -0.25) is 0 Å². The number of phenolic OH excluding ortho intramolecular Hbond substituents is 1. The SMILES string of the molecule is COc1ccc(C(=S)c2cc(-c3ccccc3)ccc2O)cc1. The molecule has 0 heterocycles. The third-order valence-corrected chi connectivity index (χ3v) is 4.16. The van der Waals surface area contributed by atoms with E-state index < -0.39 is 0 Å². The summed E-state index contributed by atoms with van der Waals surface area (Å²) < 4.78 is 5.16. The fraction of sp³-hybridized carbons (Fsp3) is 0.0500. The van der Waals surface area contributed by atoms with Crippen LogP contribution in [0.1, 0.15) is 11.1 Å². The molecule has 0 bridgehead atoms. The van der Waals surface area contributed by atoms with Crippen molar-refractivity contribution in [1.29, 1.82) is 0 Å². The van der Waals surface area contributed by atoms with Gasteiger partial charge in [-0.05, 0) is 53.1 Å². The first kappa shape index (κ1) is 15.3. The molecule has 0 aliphatic heterocycles. The van der Waals surface area contributed by atoms with Crippen LogP contribution in [-0.2, 0) is 0 Å². The van der Waals surface area contributed by atoms with Gasteiger partial charge in [0.2, 0.25) is 0 Å². The van der Waals surface area contributed by atoms with Gasteiger partial charge in [-0.25, -0.2) is 0 Å². The Hall–Kier alpha value is -2.65. The van der Waals surface area contributed by atoms with Crippen LogP contribution in [0.4, 0.5) is 0 Å². The van der Waals surface area contributed by atoms with Crippen molar-refractivity contribution in [2.45, 2.75) is 0 Å². The minimum atomic E-state index is 0.186. The van der Waals surface area contributed by atoms with Crippen LogP contribution in [0.3, 0.4) is 0 Å². The minimum absolute atomic E-state index is 0.186. The Labute approximate surface area is 141 Å². The summed E-state index contributed by atoms with van der Waals surface area (Å²) in [4.78, 5) is 0.614. The molecule has 0 saturated heterocycles. The van der Waals surface area contributed by atoms with Gasteiger partial charge in [0.1, 0.15) is 11.5 Å². The lowest BCUT2D eigenvalue weighted by molar-refractivity contribution is 0.415. The van der Waals surface area contributed by atoms with Crippen LogP contribution in [0, 0.1) is 0 Å². The van der Waals surface area contributed by atoms with E-state index in [1.165, 1.54) is 0 Å². The molecule has 114 valence electrons. The first-order valence-corrected chi connectivity index (χ1v) is 7.67. The Kier molecular flexibility index (Phi) is 4.40. The second kappa shape index (κ2) is 6.63. The molecule has 0 unspecified atom stereocenters. The van der Waals surface area contributed by atoms with E-state index in [0.717, 1.165) is 22.4 Å². The molecule has 0 fully saturated rings. The smallest absolute Gasteiger partial charge is 0.124 e. The summed E-state index contributed by atoms with van der Waals surface area (Å²) in [7, 11) is 1.63. The van der Waals surface area contributed by atoms with E-state index in [2.05, 4.69) is 0 Å². The highest BCUT2D eigenvalue weighted by Gasteiger charge is 2.11. The largest absolute Gasteiger partial charge is 0.507 e. The minimum Gasteiger partial charge on any atom is -0.507 e. The summed E-state index contributed by atoms with van der Waals surface area (Å²) >= 11 is 5.56. The molecule has 0 radical (unpaired) electrons. The van der Waals surface area contributed by atoms with Gasteiger partial charge in [0, 0.05) is 5.56 Å². The molecule has 3 aromatic rings.